The van der Waals surface area contributed by atoms with Crippen LogP contribution in [0.1, 0.15) is 6.42 Å². The average molecular weight is 246 g/mol. The lowest BCUT2D eigenvalue weighted by Crippen LogP contribution is -2.47. The lowest BCUT2D eigenvalue weighted by Gasteiger charge is -2.37. The third-order valence-electron chi connectivity index (χ3n) is 4.03. The molecule has 2 fully saturated rings. The third-order valence-corrected chi connectivity index (χ3v) is 4.03. The van der Waals surface area contributed by atoms with Crippen molar-refractivity contribution in [3.63, 3.8) is 0 Å². The van der Waals surface area contributed by atoms with Gasteiger partial charge >= 0.3 is 0 Å². The Bertz CT molecular complexity index is 354. The van der Waals surface area contributed by atoms with E-state index in [0.29, 0.717) is 0 Å². The van der Waals surface area contributed by atoms with E-state index in [9.17, 15) is 0 Å². The summed E-state index contributed by atoms with van der Waals surface area (Å²) in [6.07, 6.45) is 1.25. The number of piperazine rings is 1. The number of benzene rings is 1. The molecule has 2 aliphatic heterocycles. The van der Waals surface area contributed by atoms with Crippen LogP contribution in [0.5, 0.6) is 0 Å². The molecule has 0 spiro atoms. The molecule has 18 heavy (non-hydrogen) atoms. The lowest BCUT2D eigenvalue weighted by atomic mass is 10.1. The van der Waals surface area contributed by atoms with E-state index in [1.165, 1.54) is 31.7 Å². The normalized spacial score (nSPS) is 25.6. The van der Waals surface area contributed by atoms with Crippen molar-refractivity contribution in [3.8, 4) is 0 Å². The first-order valence-corrected chi connectivity index (χ1v) is 7.02. The Morgan fingerprint density at radius 1 is 1.06 bits per heavy atom. The summed E-state index contributed by atoms with van der Waals surface area (Å²) < 4.78 is 5.45. The number of rotatable bonds is 3. The van der Waals surface area contributed by atoms with Crippen molar-refractivity contribution >= 4 is 5.69 Å². The van der Waals surface area contributed by atoms with Crippen molar-refractivity contribution in [2.45, 2.75) is 6.42 Å². The Hall–Kier alpha value is -1.06. The van der Waals surface area contributed by atoms with Crippen molar-refractivity contribution in [1.29, 1.82) is 0 Å². The van der Waals surface area contributed by atoms with Gasteiger partial charge in [-0.1, -0.05) is 18.2 Å². The zero-order valence-corrected chi connectivity index (χ0v) is 10.9. The highest BCUT2D eigenvalue weighted by molar-refractivity contribution is 5.46. The van der Waals surface area contributed by atoms with E-state index in [1.54, 1.807) is 0 Å². The molecule has 2 heterocycles. The molecule has 3 heteroatoms. The summed E-state index contributed by atoms with van der Waals surface area (Å²) in [5.74, 6) is 0.772. The number of hydrogen-bond acceptors (Lipinski definition) is 3. The van der Waals surface area contributed by atoms with Crippen LogP contribution >= 0.6 is 0 Å². The molecule has 0 aromatic heterocycles. The Kier molecular flexibility index (Phi) is 3.81. The van der Waals surface area contributed by atoms with Gasteiger partial charge in [-0.25, -0.2) is 0 Å². The highest BCUT2D eigenvalue weighted by atomic mass is 16.5. The summed E-state index contributed by atoms with van der Waals surface area (Å²) in [6.45, 7) is 7.84. The van der Waals surface area contributed by atoms with Crippen LogP contribution in [0.4, 0.5) is 5.69 Å². The van der Waals surface area contributed by atoms with Crippen molar-refractivity contribution in [2.24, 2.45) is 5.92 Å². The maximum absolute atomic E-state index is 5.45. The van der Waals surface area contributed by atoms with Gasteiger partial charge in [-0.15, -0.1) is 0 Å². The van der Waals surface area contributed by atoms with Gasteiger partial charge in [0.05, 0.1) is 6.61 Å². The first kappa shape index (κ1) is 12.0. The third kappa shape index (κ3) is 2.85. The van der Waals surface area contributed by atoms with Crippen LogP contribution in [0.25, 0.3) is 0 Å². The van der Waals surface area contributed by atoms with E-state index in [4.69, 9.17) is 4.74 Å². The second-order valence-corrected chi connectivity index (χ2v) is 5.35. The van der Waals surface area contributed by atoms with Gasteiger partial charge < -0.3 is 9.64 Å². The van der Waals surface area contributed by atoms with Crippen LogP contribution in [0.15, 0.2) is 30.3 Å². The molecule has 0 bridgehead atoms. The Labute approximate surface area is 109 Å². The fourth-order valence-electron chi connectivity index (χ4n) is 2.92. The van der Waals surface area contributed by atoms with E-state index in [1.807, 2.05) is 0 Å². The fourth-order valence-corrected chi connectivity index (χ4v) is 2.92. The fraction of sp³-hybridized carbons (Fsp3) is 0.600. The molecule has 1 aromatic carbocycles. The predicted octanol–water partition coefficient (Wildman–Crippen LogP) is 1.85. The number of para-hydroxylation sites is 1. The van der Waals surface area contributed by atoms with Crippen LogP contribution < -0.4 is 4.90 Å². The molecule has 2 aliphatic rings. The summed E-state index contributed by atoms with van der Waals surface area (Å²) in [5.41, 5.74) is 1.36. The minimum Gasteiger partial charge on any atom is -0.381 e. The first-order valence-electron chi connectivity index (χ1n) is 7.02. The molecule has 1 aromatic rings. The molecule has 0 N–H and O–H groups in total. The second-order valence-electron chi connectivity index (χ2n) is 5.35. The maximum atomic E-state index is 5.45. The zero-order valence-electron chi connectivity index (χ0n) is 10.9. The molecule has 98 valence electrons. The van der Waals surface area contributed by atoms with Crippen LogP contribution in [0, 0.1) is 5.92 Å². The number of hydrogen-bond donors (Lipinski definition) is 0. The largest absolute Gasteiger partial charge is 0.381 e. The molecule has 0 aliphatic carbocycles. The van der Waals surface area contributed by atoms with Gasteiger partial charge in [-0.2, -0.15) is 0 Å². The van der Waals surface area contributed by atoms with Gasteiger partial charge in [-0.05, 0) is 24.5 Å². The van der Waals surface area contributed by atoms with Crippen molar-refractivity contribution in [3.05, 3.63) is 30.3 Å². The minimum atomic E-state index is 0.772. The molecule has 3 nitrogen and oxygen atoms in total. The summed E-state index contributed by atoms with van der Waals surface area (Å²) >= 11 is 0. The molecule has 1 atom stereocenters. The molecule has 0 radical (unpaired) electrons. The van der Waals surface area contributed by atoms with E-state index in [0.717, 1.165) is 32.2 Å². The molecule has 3 rings (SSSR count). The molecular formula is C15H22N2O. The molecular weight excluding hydrogens is 224 g/mol. The van der Waals surface area contributed by atoms with Crippen LogP contribution in [-0.4, -0.2) is 50.8 Å². The van der Waals surface area contributed by atoms with Gasteiger partial charge in [0.1, 0.15) is 0 Å². The molecule has 0 saturated carbocycles. The Morgan fingerprint density at radius 3 is 2.50 bits per heavy atom. The Balaban J connectivity index is 1.49. The average Bonchev–Trinajstić information content (AvgIpc) is 2.94. The van der Waals surface area contributed by atoms with Gasteiger partial charge in [0.25, 0.3) is 0 Å². The first-order chi connectivity index (χ1) is 8.92. The van der Waals surface area contributed by atoms with Gasteiger partial charge in [0, 0.05) is 45.0 Å². The quantitative estimate of drug-likeness (QED) is 0.809. The standard InChI is InChI=1S/C15H22N2O/c1-2-4-15(5-3-1)17-9-7-16(8-10-17)12-14-6-11-18-13-14/h1-5,14H,6-13H2. The highest BCUT2D eigenvalue weighted by Crippen LogP contribution is 2.18. The van der Waals surface area contributed by atoms with Crippen LogP contribution in [-0.2, 0) is 4.74 Å². The van der Waals surface area contributed by atoms with E-state index in [-0.39, 0.29) is 0 Å². The van der Waals surface area contributed by atoms with Crippen molar-refractivity contribution in [1.82, 2.24) is 4.90 Å². The summed E-state index contributed by atoms with van der Waals surface area (Å²) in [4.78, 5) is 5.08. The zero-order chi connectivity index (χ0) is 12.2. The lowest BCUT2D eigenvalue weighted by molar-refractivity contribution is 0.164. The highest BCUT2D eigenvalue weighted by Gasteiger charge is 2.22. The molecule has 2 saturated heterocycles. The van der Waals surface area contributed by atoms with Crippen molar-refractivity contribution in [2.75, 3.05) is 50.8 Å². The maximum Gasteiger partial charge on any atom is 0.0507 e. The number of anilines is 1. The monoisotopic (exact) mass is 246 g/mol. The molecule has 0 amide bonds. The van der Waals surface area contributed by atoms with Crippen molar-refractivity contribution < 1.29 is 4.74 Å². The predicted molar refractivity (Wildman–Crippen MR) is 74.0 cm³/mol. The van der Waals surface area contributed by atoms with Crippen LogP contribution in [0.3, 0.4) is 0 Å². The van der Waals surface area contributed by atoms with E-state index < -0.39 is 0 Å². The van der Waals surface area contributed by atoms with Crippen LogP contribution in [0.2, 0.25) is 0 Å². The summed E-state index contributed by atoms with van der Waals surface area (Å²) in [5, 5.41) is 0. The topological polar surface area (TPSA) is 15.7 Å². The smallest absolute Gasteiger partial charge is 0.0507 e. The number of ether oxygens (including phenoxy) is 1. The summed E-state index contributed by atoms with van der Waals surface area (Å²) in [6, 6.07) is 10.7. The summed E-state index contributed by atoms with van der Waals surface area (Å²) in [7, 11) is 0. The van der Waals surface area contributed by atoms with E-state index >= 15 is 0 Å². The SMILES string of the molecule is c1ccc(N2CCN(CC3CCOC3)CC2)cc1. The number of nitrogens with zero attached hydrogens (tertiary/aromatic N) is 2. The van der Waals surface area contributed by atoms with Gasteiger partial charge in [0.15, 0.2) is 0 Å². The van der Waals surface area contributed by atoms with Gasteiger partial charge in [0.2, 0.25) is 0 Å². The molecule has 1 unspecified atom stereocenters. The minimum absolute atomic E-state index is 0.772. The second kappa shape index (κ2) is 5.72. The van der Waals surface area contributed by atoms with E-state index in [2.05, 4.69) is 40.1 Å². The van der Waals surface area contributed by atoms with Gasteiger partial charge in [-0.3, -0.25) is 4.90 Å². The Morgan fingerprint density at radius 2 is 1.83 bits per heavy atom.